The predicted octanol–water partition coefficient (Wildman–Crippen LogP) is 2.39. The second-order valence-electron chi connectivity index (χ2n) is 6.55. The minimum atomic E-state index is 0.199. The number of hydrogen-bond acceptors (Lipinski definition) is 4. The molecule has 19 heavy (non-hydrogen) atoms. The molecule has 0 radical (unpaired) electrons. The first kappa shape index (κ1) is 14.3. The van der Waals surface area contributed by atoms with Gasteiger partial charge in [-0.2, -0.15) is 0 Å². The molecule has 1 aliphatic heterocycles. The number of hydrogen-bond donors (Lipinski definition) is 1. The first-order valence-corrected chi connectivity index (χ1v) is 7.23. The molecule has 0 spiro atoms. The quantitative estimate of drug-likeness (QED) is 0.908. The summed E-state index contributed by atoms with van der Waals surface area (Å²) in [5.74, 6) is 1.76. The zero-order valence-electron chi connectivity index (χ0n) is 12.6. The Hall–Kier alpha value is -1.16. The molecule has 1 saturated heterocycles. The third-order valence-electron chi connectivity index (χ3n) is 3.59. The highest BCUT2D eigenvalue weighted by atomic mass is 15.2. The van der Waals surface area contributed by atoms with Crippen molar-refractivity contribution in [2.24, 2.45) is 5.92 Å². The number of rotatable bonds is 3. The minimum Gasteiger partial charge on any atom is -0.355 e. The lowest BCUT2D eigenvalue weighted by Gasteiger charge is -2.35. The van der Waals surface area contributed by atoms with Crippen molar-refractivity contribution < 1.29 is 0 Å². The third kappa shape index (κ3) is 4.16. The zero-order chi connectivity index (χ0) is 13.9. The Labute approximate surface area is 116 Å². The van der Waals surface area contributed by atoms with Crippen molar-refractivity contribution in [1.29, 1.82) is 0 Å². The highest BCUT2D eigenvalue weighted by molar-refractivity contribution is 5.42. The molecule has 1 aromatic rings. The fourth-order valence-corrected chi connectivity index (χ4v) is 2.59. The molecule has 0 aromatic carbocycles. The molecule has 1 aliphatic rings. The van der Waals surface area contributed by atoms with Gasteiger partial charge in [0.15, 0.2) is 0 Å². The minimum absolute atomic E-state index is 0.199. The maximum Gasteiger partial charge on any atom is 0.150 e. The number of nitrogens with one attached hydrogen (secondary N) is 1. The second kappa shape index (κ2) is 5.87. The number of piperidine rings is 1. The summed E-state index contributed by atoms with van der Waals surface area (Å²) in [6.45, 7) is 12.0. The maximum absolute atomic E-state index is 4.49. The van der Waals surface area contributed by atoms with Gasteiger partial charge in [0.05, 0.1) is 5.69 Å². The first-order valence-electron chi connectivity index (χ1n) is 7.23. The van der Waals surface area contributed by atoms with Crippen molar-refractivity contribution in [2.45, 2.75) is 46.1 Å². The van der Waals surface area contributed by atoms with Gasteiger partial charge in [-0.05, 0) is 46.5 Å². The molecular weight excluding hydrogens is 236 g/mol. The monoisotopic (exact) mass is 262 g/mol. The molecule has 2 heterocycles. The molecular formula is C15H26N4. The summed E-state index contributed by atoms with van der Waals surface area (Å²) in [5.41, 5.74) is 1.23. The fourth-order valence-electron chi connectivity index (χ4n) is 2.59. The summed E-state index contributed by atoms with van der Waals surface area (Å²) in [7, 11) is 0. The number of nitrogens with zero attached hydrogens (tertiary/aromatic N) is 3. The number of aromatic nitrogens is 2. The van der Waals surface area contributed by atoms with Gasteiger partial charge in [0, 0.05) is 37.6 Å². The summed E-state index contributed by atoms with van der Waals surface area (Å²) in [6.07, 6.45) is 6.10. The lowest BCUT2D eigenvalue weighted by atomic mass is 9.96. The van der Waals surface area contributed by atoms with Gasteiger partial charge in [0.25, 0.3) is 0 Å². The van der Waals surface area contributed by atoms with E-state index in [1.165, 1.54) is 12.8 Å². The molecule has 1 fully saturated rings. The average molecular weight is 262 g/mol. The van der Waals surface area contributed by atoms with Gasteiger partial charge in [-0.3, -0.25) is 4.98 Å². The number of anilines is 1. The zero-order valence-corrected chi connectivity index (χ0v) is 12.6. The van der Waals surface area contributed by atoms with Gasteiger partial charge in [-0.15, -0.1) is 0 Å². The normalized spacial score (nSPS) is 20.6. The van der Waals surface area contributed by atoms with Crippen LogP contribution in [0.4, 0.5) is 5.82 Å². The van der Waals surface area contributed by atoms with E-state index in [4.69, 9.17) is 0 Å². The van der Waals surface area contributed by atoms with Crippen molar-refractivity contribution in [3.63, 3.8) is 0 Å². The van der Waals surface area contributed by atoms with Crippen molar-refractivity contribution >= 4 is 5.82 Å². The Morgan fingerprint density at radius 3 is 2.74 bits per heavy atom. The van der Waals surface area contributed by atoms with E-state index in [2.05, 4.69) is 41.0 Å². The average Bonchev–Trinajstić information content (AvgIpc) is 2.36. The summed E-state index contributed by atoms with van der Waals surface area (Å²) in [6, 6.07) is 0. The molecule has 0 aliphatic carbocycles. The molecule has 1 unspecified atom stereocenters. The summed E-state index contributed by atoms with van der Waals surface area (Å²) >= 11 is 0. The van der Waals surface area contributed by atoms with Crippen LogP contribution < -0.4 is 10.2 Å². The molecule has 2 rings (SSSR count). The first-order chi connectivity index (χ1) is 8.96. The Morgan fingerprint density at radius 2 is 2.05 bits per heavy atom. The van der Waals surface area contributed by atoms with Crippen LogP contribution in [0.5, 0.6) is 0 Å². The lowest BCUT2D eigenvalue weighted by molar-refractivity contribution is 0.334. The van der Waals surface area contributed by atoms with Gasteiger partial charge in [-0.25, -0.2) is 4.98 Å². The third-order valence-corrected chi connectivity index (χ3v) is 3.59. The van der Waals surface area contributed by atoms with Crippen LogP contribution in [-0.4, -0.2) is 35.1 Å². The van der Waals surface area contributed by atoms with E-state index < -0.39 is 0 Å². The highest BCUT2D eigenvalue weighted by Gasteiger charge is 2.23. The van der Waals surface area contributed by atoms with Crippen LogP contribution in [-0.2, 0) is 0 Å². The molecule has 4 nitrogen and oxygen atoms in total. The van der Waals surface area contributed by atoms with E-state index in [-0.39, 0.29) is 5.54 Å². The van der Waals surface area contributed by atoms with Crippen LogP contribution in [0, 0.1) is 12.8 Å². The Balaban J connectivity index is 1.96. The van der Waals surface area contributed by atoms with Crippen LogP contribution in [0.15, 0.2) is 12.4 Å². The van der Waals surface area contributed by atoms with Crippen molar-refractivity contribution in [2.75, 3.05) is 24.5 Å². The van der Waals surface area contributed by atoms with Crippen LogP contribution >= 0.6 is 0 Å². The molecule has 0 saturated carbocycles. The van der Waals surface area contributed by atoms with Crippen LogP contribution in [0.3, 0.4) is 0 Å². The Morgan fingerprint density at radius 1 is 1.32 bits per heavy atom. The molecule has 1 aromatic heterocycles. The molecule has 4 heteroatoms. The fraction of sp³-hybridized carbons (Fsp3) is 0.733. The van der Waals surface area contributed by atoms with Crippen molar-refractivity contribution in [1.82, 2.24) is 15.3 Å². The summed E-state index contributed by atoms with van der Waals surface area (Å²) < 4.78 is 0. The van der Waals surface area contributed by atoms with E-state index >= 15 is 0 Å². The van der Waals surface area contributed by atoms with Crippen LogP contribution in [0.25, 0.3) is 0 Å². The number of aryl methyl sites for hydroxylation is 1. The predicted molar refractivity (Wildman–Crippen MR) is 79.5 cm³/mol. The van der Waals surface area contributed by atoms with E-state index in [1.54, 1.807) is 12.4 Å². The van der Waals surface area contributed by atoms with Gasteiger partial charge in [0.2, 0.25) is 0 Å². The summed E-state index contributed by atoms with van der Waals surface area (Å²) in [4.78, 5) is 11.2. The van der Waals surface area contributed by atoms with Crippen LogP contribution in [0.1, 0.15) is 39.3 Å². The molecule has 1 N–H and O–H groups in total. The van der Waals surface area contributed by atoms with E-state index in [0.29, 0.717) is 5.92 Å². The smallest absolute Gasteiger partial charge is 0.150 e. The molecule has 0 amide bonds. The van der Waals surface area contributed by atoms with Gasteiger partial charge in [-0.1, -0.05) is 0 Å². The van der Waals surface area contributed by atoms with Gasteiger partial charge in [0.1, 0.15) is 5.82 Å². The van der Waals surface area contributed by atoms with E-state index in [1.807, 2.05) is 6.92 Å². The van der Waals surface area contributed by atoms with Crippen molar-refractivity contribution in [3.05, 3.63) is 18.1 Å². The summed E-state index contributed by atoms with van der Waals surface area (Å²) in [5, 5.41) is 3.62. The Bertz CT molecular complexity index is 411. The lowest BCUT2D eigenvalue weighted by Crippen LogP contribution is -2.45. The standard InChI is InChI=1S/C15H26N4/c1-12-14(17-8-7-16-12)19-9-5-6-13(11-19)10-18-15(2,3)4/h7-8,13,18H,5-6,9-11H2,1-4H3. The van der Waals surface area contributed by atoms with Crippen LogP contribution in [0.2, 0.25) is 0 Å². The highest BCUT2D eigenvalue weighted by Crippen LogP contribution is 2.23. The van der Waals surface area contributed by atoms with Gasteiger partial charge >= 0.3 is 0 Å². The van der Waals surface area contributed by atoms with E-state index in [0.717, 1.165) is 31.1 Å². The Kier molecular flexibility index (Phi) is 4.40. The van der Waals surface area contributed by atoms with E-state index in [9.17, 15) is 0 Å². The second-order valence-corrected chi connectivity index (χ2v) is 6.55. The molecule has 106 valence electrons. The SMILES string of the molecule is Cc1nccnc1N1CCCC(CNC(C)(C)C)C1. The molecule has 0 bridgehead atoms. The largest absolute Gasteiger partial charge is 0.355 e. The van der Waals surface area contributed by atoms with Gasteiger partial charge < -0.3 is 10.2 Å². The van der Waals surface area contributed by atoms with Crippen molar-refractivity contribution in [3.8, 4) is 0 Å². The maximum atomic E-state index is 4.49. The topological polar surface area (TPSA) is 41.1 Å². The molecule has 1 atom stereocenters.